The van der Waals surface area contributed by atoms with Crippen LogP contribution in [0.5, 0.6) is 11.6 Å². The Morgan fingerprint density at radius 2 is 1.16 bits per heavy atom. The third kappa shape index (κ3) is 16.4. The topological polar surface area (TPSA) is 353 Å². The van der Waals surface area contributed by atoms with Crippen LogP contribution in [-0.2, 0) is 37.0 Å². The molecule has 5 aromatic carbocycles. The summed E-state index contributed by atoms with van der Waals surface area (Å²) in [4.78, 5) is 5.62. The number of rotatable bonds is 24. The molecule has 0 aliphatic carbocycles. The van der Waals surface area contributed by atoms with Gasteiger partial charge in [-0.3, -0.25) is 18.1 Å². The molecule has 7 rings (SSSR count). The largest absolute Gasteiger partial charge is 0.493 e. The monoisotopic (exact) mass is 1190 g/mol. The van der Waals surface area contributed by atoms with Crippen LogP contribution in [0.3, 0.4) is 0 Å². The number of hydrogen-bond donors (Lipinski definition) is 5. The number of hydrogen-bond acceptors (Lipinski definition) is 21. The number of nitriles is 1. The summed E-state index contributed by atoms with van der Waals surface area (Å²) in [7, 11) is -12.8. The molecule has 0 bridgehead atoms. The van der Waals surface area contributed by atoms with Crippen molar-refractivity contribution in [3.05, 3.63) is 117 Å². The van der Waals surface area contributed by atoms with Crippen LogP contribution in [0, 0.1) is 39.0 Å². The Bertz CT molecular complexity index is 4000. The number of aliphatic hydroxyl groups is 1. The molecule has 0 radical (unpaired) electrons. The Balaban J connectivity index is 1.25. The predicted molar refractivity (Wildman–Crippen MR) is 301 cm³/mol. The maximum Gasteiger partial charge on any atom is 0.264 e. The van der Waals surface area contributed by atoms with Crippen LogP contribution in [0.25, 0.3) is 16.7 Å². The van der Waals surface area contributed by atoms with Crippen molar-refractivity contribution in [3.8, 4) is 17.7 Å². The van der Waals surface area contributed by atoms with Crippen molar-refractivity contribution in [2.45, 2.75) is 63.4 Å². The van der Waals surface area contributed by atoms with Gasteiger partial charge in [0.15, 0.2) is 11.3 Å². The average Bonchev–Trinajstić information content (AvgIpc) is 4.05. The lowest BCUT2D eigenvalue weighted by molar-refractivity contribution is 0.282. The van der Waals surface area contributed by atoms with E-state index in [-0.39, 0.29) is 83.6 Å². The molecule has 0 aliphatic heterocycles. The molecular formula is C50H50ClN11O12S5. The molecule has 0 saturated carbocycles. The number of nitrogens with zero attached hydrogens (tertiary/aromatic N) is 11. The van der Waals surface area contributed by atoms with E-state index in [0.717, 1.165) is 0 Å². The van der Waals surface area contributed by atoms with E-state index < -0.39 is 53.5 Å². The summed E-state index contributed by atoms with van der Waals surface area (Å²) in [5, 5.41) is 68.0. The Morgan fingerprint density at radius 3 is 1.71 bits per heavy atom. The molecule has 414 valence electrons. The minimum Gasteiger partial charge on any atom is -0.493 e. The van der Waals surface area contributed by atoms with E-state index in [1.165, 1.54) is 34.0 Å². The number of aliphatic hydroxyl groups excluding tert-OH is 1. The smallest absolute Gasteiger partial charge is 0.264 e. The second kappa shape index (κ2) is 26.0. The predicted octanol–water partition coefficient (Wildman–Crippen LogP) is 13.5. The maximum atomic E-state index is 11.6. The molecule has 0 amide bonds. The van der Waals surface area contributed by atoms with E-state index in [1.54, 1.807) is 93.6 Å². The summed E-state index contributed by atoms with van der Waals surface area (Å²) >= 11 is 8.63. The number of azo groups is 4. The lowest BCUT2D eigenvalue weighted by atomic mass is 10.1. The Kier molecular flexibility index (Phi) is 19.7. The number of thioether (sulfide) groups is 2. The molecule has 23 nitrogen and oxygen atoms in total. The van der Waals surface area contributed by atoms with Crippen LogP contribution >= 0.6 is 35.1 Å². The molecule has 7 aromatic rings. The van der Waals surface area contributed by atoms with Crippen molar-refractivity contribution < 1.29 is 53.9 Å². The summed E-state index contributed by atoms with van der Waals surface area (Å²) in [6, 6.07) is 23.8. The molecule has 0 unspecified atom stereocenters. The summed E-state index contributed by atoms with van der Waals surface area (Å²) in [5.74, 6) is -1.39. The van der Waals surface area contributed by atoms with Crippen molar-refractivity contribution in [2.75, 3.05) is 35.4 Å². The highest BCUT2D eigenvalue weighted by molar-refractivity contribution is 7.99. The first-order valence-corrected chi connectivity index (χ1v) is 30.9. The molecule has 0 saturated heterocycles. The number of benzene rings is 5. The van der Waals surface area contributed by atoms with E-state index in [2.05, 4.69) is 52.0 Å². The molecule has 29 heteroatoms. The first-order chi connectivity index (χ1) is 37.4. The minimum absolute atomic E-state index is 0.0493. The molecule has 0 aliphatic rings. The van der Waals surface area contributed by atoms with E-state index in [4.69, 9.17) is 16.3 Å². The van der Waals surface area contributed by atoms with E-state index in [1.807, 2.05) is 6.92 Å². The van der Waals surface area contributed by atoms with Gasteiger partial charge in [0.1, 0.15) is 23.1 Å². The first kappa shape index (κ1) is 59.9. The van der Waals surface area contributed by atoms with Crippen molar-refractivity contribution in [1.82, 2.24) is 9.38 Å². The van der Waals surface area contributed by atoms with Gasteiger partial charge in [0.05, 0.1) is 75.6 Å². The van der Waals surface area contributed by atoms with Crippen molar-refractivity contribution in [2.24, 2.45) is 40.9 Å². The van der Waals surface area contributed by atoms with Gasteiger partial charge in [-0.2, -0.15) is 51.0 Å². The number of aromatic hydroxyl groups is 1. The second-order valence-corrected chi connectivity index (χ2v) is 25.0. The highest BCUT2D eigenvalue weighted by Gasteiger charge is 2.22. The zero-order chi connectivity index (χ0) is 57.2. The third-order valence-corrected chi connectivity index (χ3v) is 16.4. The number of imidazole rings is 1. The van der Waals surface area contributed by atoms with Gasteiger partial charge < -0.3 is 14.9 Å². The Labute approximate surface area is 467 Å². The highest BCUT2D eigenvalue weighted by atomic mass is 35.5. The lowest BCUT2D eigenvalue weighted by Crippen LogP contribution is -2.08. The zero-order valence-electron chi connectivity index (χ0n) is 42.5. The van der Waals surface area contributed by atoms with Gasteiger partial charge in [-0.15, -0.1) is 44.0 Å². The first-order valence-electron chi connectivity index (χ1n) is 23.7. The fourth-order valence-corrected chi connectivity index (χ4v) is 11.5. The number of fused-ring (bicyclic) bond motifs is 3. The van der Waals surface area contributed by atoms with Crippen LogP contribution in [0.2, 0.25) is 5.02 Å². The van der Waals surface area contributed by atoms with Gasteiger partial charge >= 0.3 is 0 Å². The van der Waals surface area contributed by atoms with Gasteiger partial charge in [0.2, 0.25) is 5.88 Å². The number of pyridine rings is 1. The molecule has 2 heterocycles. The van der Waals surface area contributed by atoms with Crippen LogP contribution in [-0.4, -0.2) is 93.9 Å². The Hall–Kier alpha value is -6.78. The molecular weight excluding hydrogens is 1140 g/mol. The normalized spacial score (nSPS) is 12.6. The number of ether oxygens (including phenoxy) is 1. The molecule has 2 aromatic heterocycles. The van der Waals surface area contributed by atoms with Crippen molar-refractivity contribution >= 4 is 128 Å². The van der Waals surface area contributed by atoms with Crippen molar-refractivity contribution in [3.63, 3.8) is 0 Å². The average molecular weight is 1190 g/mol. The highest BCUT2D eigenvalue weighted by Crippen LogP contribution is 2.44. The van der Waals surface area contributed by atoms with Crippen LogP contribution in [0.1, 0.15) is 52.6 Å². The number of aryl methyl sites for hydroxylation is 3. The standard InChI is InChI=1S/C50H50ClN11O12S5/c1-29-19-41(58-61-48-32(4)36(27-52)49-53-37-12-11-33(28-63)22-44(37)62(49)50(48)64)45(74-13-6-16-77(65,66)67)24-38(29)56-59-42-21-31(3)40(26-47(42)76-15-8-18-79(71,72)73)57-60-43-20-30(2)39(55-54-35-10-5-9-34(51)23-35)25-46(43)75-14-7-17-78(68,69)70/h5,9-12,19-26,63-64H,6-8,13-18,28H2,1-4H3,(H,65,66,67)(H,68,69,70)(H,71,72,73). The van der Waals surface area contributed by atoms with Gasteiger partial charge in [0.25, 0.3) is 30.4 Å². The molecule has 0 fully saturated rings. The summed E-state index contributed by atoms with van der Waals surface area (Å²) in [6.07, 6.45) is 0.0860. The van der Waals surface area contributed by atoms with Gasteiger partial charge in [-0.05, 0) is 141 Å². The zero-order valence-corrected chi connectivity index (χ0v) is 47.3. The fraction of sp³-hybridized carbons (Fsp3) is 0.280. The van der Waals surface area contributed by atoms with Gasteiger partial charge in [0, 0.05) is 26.4 Å². The molecule has 5 N–H and O–H groups in total. The van der Waals surface area contributed by atoms with Crippen LogP contribution in [0.4, 0.5) is 45.5 Å². The summed E-state index contributed by atoms with van der Waals surface area (Å²) in [5.41, 5.74) is 6.14. The Morgan fingerprint density at radius 1 is 0.646 bits per heavy atom. The quantitative estimate of drug-likeness (QED) is 0.0162. The fourth-order valence-electron chi connectivity index (χ4n) is 7.54. The molecule has 0 spiro atoms. The molecule has 79 heavy (non-hydrogen) atoms. The third-order valence-electron chi connectivity index (χ3n) is 11.5. The number of halogens is 1. The lowest BCUT2D eigenvalue weighted by Gasteiger charge is -2.12. The van der Waals surface area contributed by atoms with Crippen LogP contribution in [0.15, 0.2) is 130 Å². The SMILES string of the molecule is Cc1cc(N=Nc2cc(SCCCS(=O)(=O)O)c(N=Nc3cc(OCCCS(=O)(=O)O)c(N=Nc4c(C)c(C#N)c5nc6ccc(CO)cc6n5c4O)cc3C)cc2C)c(SCCCS(=O)(=O)O)cc1N=Nc1cccc(Cl)c1. The van der Waals surface area contributed by atoms with Crippen molar-refractivity contribution in [1.29, 1.82) is 5.26 Å². The van der Waals surface area contributed by atoms with Gasteiger partial charge in [-0.1, -0.05) is 23.7 Å². The van der Waals surface area contributed by atoms with E-state index in [9.17, 15) is 54.4 Å². The van der Waals surface area contributed by atoms with E-state index >= 15 is 0 Å². The number of aromatic nitrogens is 2. The summed E-state index contributed by atoms with van der Waals surface area (Å²) < 4.78 is 105. The summed E-state index contributed by atoms with van der Waals surface area (Å²) in [6.45, 7) is 6.34. The minimum atomic E-state index is -4.33. The molecule has 0 atom stereocenters. The van der Waals surface area contributed by atoms with E-state index in [0.29, 0.717) is 76.5 Å². The van der Waals surface area contributed by atoms with Gasteiger partial charge in [-0.25, -0.2) is 4.98 Å². The van der Waals surface area contributed by atoms with Crippen LogP contribution < -0.4 is 4.74 Å². The maximum absolute atomic E-state index is 11.6. The second-order valence-electron chi connectivity index (χ2n) is 17.6.